The molecule has 11 heteroatoms. The molecule has 0 aromatic heterocycles. The highest BCUT2D eigenvalue weighted by Crippen LogP contribution is 2.54. The Morgan fingerprint density at radius 2 is 1.56 bits per heavy atom. The second kappa shape index (κ2) is 19.2. The van der Waals surface area contributed by atoms with E-state index in [4.69, 9.17) is 23.7 Å². The monoisotopic (exact) mass is 830 g/mol. The third-order valence-corrected chi connectivity index (χ3v) is 15.5. The minimum Gasteiger partial charge on any atom is -0.392 e. The lowest BCUT2D eigenvalue weighted by molar-refractivity contribution is -0.409. The summed E-state index contributed by atoms with van der Waals surface area (Å²) >= 11 is 0. The van der Waals surface area contributed by atoms with Crippen molar-refractivity contribution in [1.82, 2.24) is 4.90 Å². The van der Waals surface area contributed by atoms with Gasteiger partial charge in [0.2, 0.25) is 11.7 Å². The van der Waals surface area contributed by atoms with E-state index >= 15 is 0 Å². The van der Waals surface area contributed by atoms with E-state index in [2.05, 4.69) is 33.9 Å². The van der Waals surface area contributed by atoms with Crippen molar-refractivity contribution in [1.29, 1.82) is 0 Å². The molecule has 0 bridgehead atoms. The number of ether oxygens (including phenoxy) is 5. The smallest absolute Gasteiger partial charge is 0.228 e. The quantitative estimate of drug-likeness (QED) is 0.136. The van der Waals surface area contributed by atoms with Gasteiger partial charge in [-0.15, -0.1) is 13.2 Å². The molecule has 0 aliphatic carbocycles. The molecule has 5 aliphatic rings. The fourth-order valence-electron chi connectivity index (χ4n) is 11.3. The molecular weight excluding hydrogens is 751 g/mol. The summed E-state index contributed by atoms with van der Waals surface area (Å²) < 4.78 is 34.0. The van der Waals surface area contributed by atoms with E-state index in [-0.39, 0.29) is 65.7 Å². The fourth-order valence-corrected chi connectivity index (χ4v) is 11.3. The van der Waals surface area contributed by atoms with Gasteiger partial charge in [-0.2, -0.15) is 0 Å². The average molecular weight is 830 g/mol. The molecule has 11 nitrogen and oxygen atoms in total. The molecule has 2 spiro atoms. The van der Waals surface area contributed by atoms with Gasteiger partial charge in [-0.25, -0.2) is 0 Å². The number of ketones is 1. The first-order valence-corrected chi connectivity index (χ1v) is 23.0. The summed E-state index contributed by atoms with van der Waals surface area (Å²) in [6, 6.07) is 0. The highest BCUT2D eigenvalue weighted by molar-refractivity contribution is 5.84. The number of hydrogen-bond acceptors (Lipinski definition) is 10. The molecule has 3 N–H and O–H groups in total. The van der Waals surface area contributed by atoms with Gasteiger partial charge in [0, 0.05) is 43.2 Å². The summed E-state index contributed by atoms with van der Waals surface area (Å²) in [5.74, 6) is -4.52. The maximum atomic E-state index is 14.6. The van der Waals surface area contributed by atoms with Gasteiger partial charge in [0.05, 0.1) is 53.7 Å². The summed E-state index contributed by atoms with van der Waals surface area (Å²) in [6.45, 7) is 28.5. The van der Waals surface area contributed by atoms with Crippen molar-refractivity contribution in [2.75, 3.05) is 13.1 Å². The van der Waals surface area contributed by atoms with Crippen LogP contribution in [-0.2, 0) is 33.3 Å². The predicted molar refractivity (Wildman–Crippen MR) is 228 cm³/mol. The summed E-state index contributed by atoms with van der Waals surface area (Å²) in [5.41, 5.74) is -1.63. The number of carbonyl (C=O) groups is 2. The second-order valence-electron chi connectivity index (χ2n) is 19.4. The number of carbonyl (C=O) groups excluding carboxylic acids is 2. The van der Waals surface area contributed by atoms with Crippen LogP contribution in [0.5, 0.6) is 0 Å². The Labute approximate surface area is 355 Å². The average Bonchev–Trinajstić information content (AvgIpc) is 3.56. The molecule has 336 valence electrons. The molecule has 4 saturated heterocycles. The first kappa shape index (κ1) is 48.1. The topological polar surface area (TPSA) is 144 Å². The van der Waals surface area contributed by atoms with Crippen LogP contribution in [0.4, 0.5) is 0 Å². The molecule has 59 heavy (non-hydrogen) atoms. The number of rotatable bonds is 16. The molecule has 18 atom stereocenters. The number of amides is 1. The molecule has 5 heterocycles. The van der Waals surface area contributed by atoms with Crippen LogP contribution >= 0.6 is 0 Å². The van der Waals surface area contributed by atoms with Crippen LogP contribution in [0.25, 0.3) is 0 Å². The lowest BCUT2D eigenvalue weighted by atomic mass is 9.72. The highest BCUT2D eigenvalue weighted by atomic mass is 16.8. The van der Waals surface area contributed by atoms with Crippen LogP contribution in [0.3, 0.4) is 0 Å². The van der Waals surface area contributed by atoms with E-state index in [1.807, 2.05) is 54.5 Å². The molecule has 4 fully saturated rings. The summed E-state index contributed by atoms with van der Waals surface area (Å²) in [6.07, 6.45) is 9.52. The molecule has 0 saturated carbocycles. The zero-order chi connectivity index (χ0) is 43.7. The van der Waals surface area contributed by atoms with Gasteiger partial charge in [0.25, 0.3) is 0 Å². The second-order valence-corrected chi connectivity index (χ2v) is 19.4. The first-order valence-electron chi connectivity index (χ1n) is 23.0. The van der Waals surface area contributed by atoms with Crippen LogP contribution in [0.15, 0.2) is 37.5 Å². The van der Waals surface area contributed by atoms with E-state index in [9.17, 15) is 24.9 Å². The van der Waals surface area contributed by atoms with Crippen LogP contribution < -0.4 is 0 Å². The Morgan fingerprint density at radius 1 is 0.898 bits per heavy atom. The number of nitrogens with zero attached hydrogens (tertiary/aromatic N) is 1. The van der Waals surface area contributed by atoms with Gasteiger partial charge in [-0.1, -0.05) is 67.5 Å². The van der Waals surface area contributed by atoms with Crippen LogP contribution in [0.1, 0.15) is 133 Å². The molecule has 0 radical (unpaired) electrons. The molecule has 1 amide bonds. The Kier molecular flexibility index (Phi) is 15.6. The van der Waals surface area contributed by atoms with Gasteiger partial charge in [0.15, 0.2) is 5.79 Å². The number of hydrogen-bond donors (Lipinski definition) is 3. The van der Waals surface area contributed by atoms with E-state index in [1.165, 1.54) is 0 Å². The SMILES string of the molecule is C=CCN(CC=C)C(=O)[C@H](CC)[C@@H]1CC[C@@H](C)[C@@H]([C@H](C)[C@@H](O)[C@@H](C)C(=O)[C@H](CC)C2O[C@]3(C=C[C@@H](O)[C@]4(CC[C@@](C)([C@H]5CC[C@](O)(CC)[C@H](C)O5)O4)O3)[C@H](C)C[C@@H]2C)O1. The fraction of sp³-hybridized carbons (Fsp3) is 0.833. The molecule has 1 unspecified atom stereocenters. The molecular formula is C48H79NO10. The van der Waals surface area contributed by atoms with Crippen LogP contribution in [0, 0.1) is 41.4 Å². The zero-order valence-electron chi connectivity index (χ0n) is 37.9. The van der Waals surface area contributed by atoms with Gasteiger partial charge in [-0.05, 0) is 95.6 Å². The van der Waals surface area contributed by atoms with Crippen molar-refractivity contribution < 1.29 is 48.6 Å². The maximum Gasteiger partial charge on any atom is 0.228 e. The maximum absolute atomic E-state index is 14.6. The van der Waals surface area contributed by atoms with E-state index in [0.717, 1.165) is 19.3 Å². The Hall–Kier alpha value is -1.96. The van der Waals surface area contributed by atoms with Crippen molar-refractivity contribution in [3.05, 3.63) is 37.5 Å². The van der Waals surface area contributed by atoms with E-state index in [1.54, 1.807) is 23.1 Å². The minimum absolute atomic E-state index is 0.0167. The van der Waals surface area contributed by atoms with Crippen molar-refractivity contribution in [2.24, 2.45) is 41.4 Å². The van der Waals surface area contributed by atoms with Crippen LogP contribution in [-0.4, -0.2) is 111 Å². The van der Waals surface area contributed by atoms with Gasteiger partial charge in [-0.3, -0.25) is 9.59 Å². The summed E-state index contributed by atoms with van der Waals surface area (Å²) in [4.78, 5) is 30.1. The normalized spacial score (nSPS) is 42.5. The number of aliphatic hydroxyl groups excluding tert-OH is 2. The van der Waals surface area contributed by atoms with Crippen molar-refractivity contribution in [3.8, 4) is 0 Å². The summed E-state index contributed by atoms with van der Waals surface area (Å²) in [5, 5.41) is 34.5. The summed E-state index contributed by atoms with van der Waals surface area (Å²) in [7, 11) is 0. The Morgan fingerprint density at radius 3 is 2.15 bits per heavy atom. The van der Waals surface area contributed by atoms with Crippen molar-refractivity contribution >= 4 is 11.7 Å². The molecule has 0 aromatic rings. The van der Waals surface area contributed by atoms with Gasteiger partial charge in [0.1, 0.15) is 11.9 Å². The van der Waals surface area contributed by atoms with Crippen LogP contribution in [0.2, 0.25) is 0 Å². The molecule has 0 aromatic carbocycles. The number of Topliss-reactive ketones (excluding diaryl/α,β-unsaturated/α-hetero) is 1. The van der Waals surface area contributed by atoms with E-state index < -0.39 is 52.9 Å². The Bertz CT molecular complexity index is 1500. The largest absolute Gasteiger partial charge is 0.392 e. The lowest BCUT2D eigenvalue weighted by Gasteiger charge is -2.54. The third-order valence-electron chi connectivity index (χ3n) is 15.5. The standard InChI is InChI=1S/C48H79NO10/c1-13-26-49(27-14-2)44(53)35(15-3)37-19-18-29(6)42(56-37)33(10)40(51)32(9)41(52)36(16-4)43-30(7)28-31(8)47(57-43)23-20-38(50)48(59-47)25-24-45(12,58-48)39-21-22-46(54,17-5)34(11)55-39/h13-14,20,23,29-40,42-43,50-51,54H,1-2,15-19,21-22,24-28H2,3-12H3/t29-,30+,31-,32-,33-,34+,35-,36+,37+,38-,39-,40+,42+,43?,45+,46-,47+,48+/m1/s1. The predicted octanol–water partition coefficient (Wildman–Crippen LogP) is 7.30. The van der Waals surface area contributed by atoms with Gasteiger partial charge < -0.3 is 43.9 Å². The van der Waals surface area contributed by atoms with Crippen molar-refractivity contribution in [3.63, 3.8) is 0 Å². The zero-order valence-corrected chi connectivity index (χ0v) is 37.9. The Balaban J connectivity index is 1.30. The van der Waals surface area contributed by atoms with E-state index in [0.29, 0.717) is 58.0 Å². The minimum atomic E-state index is -1.37. The molecule has 5 aliphatic heterocycles. The third kappa shape index (κ3) is 9.39. The van der Waals surface area contributed by atoms with Gasteiger partial charge >= 0.3 is 0 Å². The number of aliphatic hydroxyl groups is 3. The van der Waals surface area contributed by atoms with Crippen molar-refractivity contribution in [2.45, 2.75) is 199 Å². The first-order chi connectivity index (χ1) is 27.8. The lowest BCUT2D eigenvalue weighted by Crippen LogP contribution is -2.63. The highest BCUT2D eigenvalue weighted by Gasteiger charge is 2.63. The molecule has 5 rings (SSSR count).